The van der Waals surface area contributed by atoms with E-state index in [2.05, 4.69) is 21.2 Å². The van der Waals surface area contributed by atoms with Crippen molar-refractivity contribution in [1.82, 2.24) is 5.32 Å². The van der Waals surface area contributed by atoms with Gasteiger partial charge in [-0.05, 0) is 53.2 Å². The van der Waals surface area contributed by atoms with Crippen LogP contribution in [0.2, 0.25) is 0 Å². The fourth-order valence-electron chi connectivity index (χ4n) is 2.29. The fraction of sp³-hybridized carbons (Fsp3) is 0.615. The lowest BCUT2D eigenvalue weighted by molar-refractivity contribution is 0.0947. The van der Waals surface area contributed by atoms with Gasteiger partial charge in [-0.3, -0.25) is 4.79 Å². The van der Waals surface area contributed by atoms with Gasteiger partial charge in [0.1, 0.15) is 0 Å². The number of rotatable bonds is 3. The van der Waals surface area contributed by atoms with E-state index in [0.29, 0.717) is 5.92 Å². The predicted molar refractivity (Wildman–Crippen MR) is 75.7 cm³/mol. The zero-order chi connectivity index (χ0) is 12.3. The molecule has 0 radical (unpaired) electrons. The monoisotopic (exact) mass is 315 g/mol. The zero-order valence-electron chi connectivity index (χ0n) is 10.1. The number of halogens is 1. The summed E-state index contributed by atoms with van der Waals surface area (Å²) in [5.41, 5.74) is 1.14. The second-order valence-corrected chi connectivity index (χ2v) is 7.15. The molecular formula is C13H18BrNOS. The van der Waals surface area contributed by atoms with Crippen molar-refractivity contribution in [3.8, 4) is 0 Å². The number of aryl methyl sites for hydroxylation is 1. The molecule has 94 valence electrons. The van der Waals surface area contributed by atoms with Gasteiger partial charge < -0.3 is 5.32 Å². The Kier molecular flexibility index (Phi) is 4.62. The Morgan fingerprint density at radius 3 is 2.76 bits per heavy atom. The number of hydrogen-bond donors (Lipinski definition) is 1. The first-order valence-corrected chi connectivity index (χ1v) is 7.82. The van der Waals surface area contributed by atoms with Gasteiger partial charge in [0.2, 0.25) is 0 Å². The van der Waals surface area contributed by atoms with Gasteiger partial charge in [-0.15, -0.1) is 11.3 Å². The highest BCUT2D eigenvalue weighted by atomic mass is 79.9. The van der Waals surface area contributed by atoms with Gasteiger partial charge >= 0.3 is 0 Å². The van der Waals surface area contributed by atoms with E-state index in [1.165, 1.54) is 43.4 Å². The molecule has 2 nitrogen and oxygen atoms in total. The first kappa shape index (κ1) is 13.1. The second kappa shape index (κ2) is 6.01. The van der Waals surface area contributed by atoms with E-state index >= 15 is 0 Å². The van der Waals surface area contributed by atoms with Gasteiger partial charge in [0.25, 0.3) is 5.91 Å². The van der Waals surface area contributed by atoms with Crippen molar-refractivity contribution in [3.63, 3.8) is 0 Å². The van der Waals surface area contributed by atoms with E-state index < -0.39 is 0 Å². The smallest absolute Gasteiger partial charge is 0.261 e. The Bertz CT molecular complexity index is 377. The maximum atomic E-state index is 11.9. The summed E-state index contributed by atoms with van der Waals surface area (Å²) >= 11 is 4.96. The maximum Gasteiger partial charge on any atom is 0.261 e. The third-order valence-electron chi connectivity index (χ3n) is 3.36. The minimum atomic E-state index is 0.0781. The second-order valence-electron chi connectivity index (χ2n) is 4.78. The molecule has 1 aromatic heterocycles. The van der Waals surface area contributed by atoms with Gasteiger partial charge in [-0.1, -0.05) is 19.3 Å². The van der Waals surface area contributed by atoms with Crippen LogP contribution < -0.4 is 5.32 Å². The summed E-state index contributed by atoms with van der Waals surface area (Å²) in [6.07, 6.45) is 6.55. The summed E-state index contributed by atoms with van der Waals surface area (Å²) in [6, 6.07) is 1.95. The van der Waals surface area contributed by atoms with Gasteiger partial charge in [0, 0.05) is 6.54 Å². The average molecular weight is 316 g/mol. The third-order valence-corrected chi connectivity index (χ3v) is 5.49. The number of thiophene rings is 1. The van der Waals surface area contributed by atoms with Gasteiger partial charge in [-0.2, -0.15) is 0 Å². The molecule has 1 amide bonds. The number of amides is 1. The minimum absolute atomic E-state index is 0.0781. The highest BCUT2D eigenvalue weighted by Crippen LogP contribution is 2.27. The topological polar surface area (TPSA) is 29.1 Å². The van der Waals surface area contributed by atoms with Crippen LogP contribution in [0.3, 0.4) is 0 Å². The summed E-state index contributed by atoms with van der Waals surface area (Å²) in [6.45, 7) is 2.85. The van der Waals surface area contributed by atoms with E-state index in [4.69, 9.17) is 0 Å². The lowest BCUT2D eigenvalue weighted by Gasteiger charge is -2.21. The zero-order valence-corrected chi connectivity index (χ0v) is 12.5. The lowest BCUT2D eigenvalue weighted by Crippen LogP contribution is -2.29. The van der Waals surface area contributed by atoms with Crippen molar-refractivity contribution in [2.24, 2.45) is 5.92 Å². The summed E-state index contributed by atoms with van der Waals surface area (Å²) in [4.78, 5) is 12.7. The molecule has 4 heteroatoms. The lowest BCUT2D eigenvalue weighted by atomic mass is 9.89. The molecule has 0 aromatic carbocycles. The molecule has 0 spiro atoms. The molecule has 17 heavy (non-hydrogen) atoms. The van der Waals surface area contributed by atoms with Gasteiger partial charge in [0.05, 0.1) is 8.66 Å². The molecular weight excluding hydrogens is 298 g/mol. The molecule has 1 heterocycles. The Balaban J connectivity index is 1.84. The first-order valence-electron chi connectivity index (χ1n) is 6.21. The van der Waals surface area contributed by atoms with Crippen LogP contribution >= 0.6 is 27.3 Å². The molecule has 1 aliphatic rings. The molecule has 1 aromatic rings. The van der Waals surface area contributed by atoms with Crippen molar-refractivity contribution in [2.75, 3.05) is 6.54 Å². The number of hydrogen-bond acceptors (Lipinski definition) is 2. The van der Waals surface area contributed by atoms with Crippen LogP contribution in [0.4, 0.5) is 0 Å². The molecule has 0 bridgehead atoms. The van der Waals surface area contributed by atoms with Crippen LogP contribution in [0, 0.1) is 12.8 Å². The molecule has 0 atom stereocenters. The van der Waals surface area contributed by atoms with Crippen LogP contribution in [-0.4, -0.2) is 12.5 Å². The first-order chi connectivity index (χ1) is 8.16. The van der Waals surface area contributed by atoms with Crippen LogP contribution in [0.1, 0.15) is 47.3 Å². The van der Waals surface area contributed by atoms with Crippen LogP contribution in [0.15, 0.2) is 9.85 Å². The van der Waals surface area contributed by atoms with Crippen LogP contribution in [0.25, 0.3) is 0 Å². The van der Waals surface area contributed by atoms with Crippen LogP contribution in [0.5, 0.6) is 0 Å². The third kappa shape index (κ3) is 3.55. The van der Waals surface area contributed by atoms with Crippen molar-refractivity contribution >= 4 is 33.2 Å². The molecule has 1 N–H and O–H groups in total. The molecule has 1 aliphatic carbocycles. The van der Waals surface area contributed by atoms with Gasteiger partial charge in [-0.25, -0.2) is 0 Å². The summed E-state index contributed by atoms with van der Waals surface area (Å²) in [7, 11) is 0. The largest absolute Gasteiger partial charge is 0.351 e. The molecule has 0 unspecified atom stereocenters. The van der Waals surface area contributed by atoms with Gasteiger partial charge in [0.15, 0.2) is 0 Å². The minimum Gasteiger partial charge on any atom is -0.351 e. The Morgan fingerprint density at radius 1 is 1.47 bits per heavy atom. The summed E-state index contributed by atoms with van der Waals surface area (Å²) in [5.74, 6) is 0.770. The van der Waals surface area contributed by atoms with E-state index in [-0.39, 0.29) is 5.91 Å². The molecule has 0 aliphatic heterocycles. The van der Waals surface area contributed by atoms with Crippen LogP contribution in [-0.2, 0) is 0 Å². The number of carbonyl (C=O) groups is 1. The number of carbonyl (C=O) groups excluding carboxylic acids is 1. The van der Waals surface area contributed by atoms with Crippen molar-refractivity contribution in [1.29, 1.82) is 0 Å². The molecule has 1 fully saturated rings. The number of nitrogens with one attached hydrogen (secondary N) is 1. The van der Waals surface area contributed by atoms with E-state index in [9.17, 15) is 4.79 Å². The van der Waals surface area contributed by atoms with E-state index in [1.807, 2.05) is 13.0 Å². The maximum absolute atomic E-state index is 11.9. The highest BCUT2D eigenvalue weighted by molar-refractivity contribution is 9.11. The Hall–Kier alpha value is -0.350. The van der Waals surface area contributed by atoms with Crippen molar-refractivity contribution < 1.29 is 4.79 Å². The van der Waals surface area contributed by atoms with E-state index in [1.54, 1.807) is 0 Å². The molecule has 2 rings (SSSR count). The summed E-state index contributed by atoms with van der Waals surface area (Å²) in [5, 5.41) is 3.06. The standard InChI is InChI=1S/C13H18BrNOS/c1-9-7-11(17-12(9)14)13(16)15-8-10-5-3-2-4-6-10/h7,10H,2-6,8H2,1H3,(H,15,16). The molecule has 0 saturated heterocycles. The SMILES string of the molecule is Cc1cc(C(=O)NCC2CCCCC2)sc1Br. The van der Waals surface area contributed by atoms with Crippen molar-refractivity contribution in [3.05, 3.63) is 20.3 Å². The van der Waals surface area contributed by atoms with E-state index in [0.717, 1.165) is 20.8 Å². The fourth-order valence-corrected chi connectivity index (χ4v) is 3.74. The normalized spacial score (nSPS) is 17.1. The Labute approximate surface area is 115 Å². The summed E-state index contributed by atoms with van der Waals surface area (Å²) < 4.78 is 1.06. The highest BCUT2D eigenvalue weighted by Gasteiger charge is 2.16. The quantitative estimate of drug-likeness (QED) is 0.892. The Morgan fingerprint density at radius 2 is 2.18 bits per heavy atom. The van der Waals surface area contributed by atoms with Crippen molar-refractivity contribution in [2.45, 2.75) is 39.0 Å². The predicted octanol–water partition coefficient (Wildman–Crippen LogP) is 4.13. The average Bonchev–Trinajstić information content (AvgIpc) is 2.68. The molecule has 1 saturated carbocycles.